The third kappa shape index (κ3) is 5.14. The van der Waals surface area contributed by atoms with E-state index in [0.29, 0.717) is 21.7 Å². The first-order valence-electron chi connectivity index (χ1n) is 9.62. The molecule has 0 unspecified atom stereocenters. The van der Waals surface area contributed by atoms with Gasteiger partial charge in [0.2, 0.25) is 5.95 Å². The van der Waals surface area contributed by atoms with Gasteiger partial charge in [0.05, 0.1) is 38.2 Å². The van der Waals surface area contributed by atoms with Crippen molar-refractivity contribution in [2.45, 2.75) is 17.7 Å². The van der Waals surface area contributed by atoms with Crippen LogP contribution < -0.4 is 19.1 Å². The number of halogens is 4. The van der Waals surface area contributed by atoms with Gasteiger partial charge in [0.25, 0.3) is 10.0 Å². The zero-order valence-corrected chi connectivity index (χ0v) is 19.0. The van der Waals surface area contributed by atoms with Crippen molar-refractivity contribution in [3.63, 3.8) is 0 Å². The van der Waals surface area contributed by atoms with Gasteiger partial charge in [0, 0.05) is 18.7 Å². The fourth-order valence-corrected chi connectivity index (χ4v) is 4.42. The molecule has 0 saturated heterocycles. The van der Waals surface area contributed by atoms with Crippen LogP contribution in [0.4, 0.5) is 29.1 Å². The van der Waals surface area contributed by atoms with Gasteiger partial charge in [-0.05, 0) is 30.3 Å². The summed E-state index contributed by atoms with van der Waals surface area (Å²) in [4.78, 5) is 7.32. The summed E-state index contributed by atoms with van der Waals surface area (Å²) < 4.78 is 92.5. The number of sulfonamides is 1. The Labute approximate surface area is 193 Å². The molecule has 1 aromatic carbocycles. The van der Waals surface area contributed by atoms with Crippen LogP contribution in [-0.2, 0) is 22.7 Å². The lowest BCUT2D eigenvalue weighted by atomic mass is 10.2. The van der Waals surface area contributed by atoms with Crippen LogP contribution in [0.15, 0.2) is 53.7 Å². The van der Waals surface area contributed by atoms with E-state index in [-0.39, 0.29) is 11.6 Å². The van der Waals surface area contributed by atoms with E-state index in [1.807, 2.05) is 0 Å². The van der Waals surface area contributed by atoms with Crippen LogP contribution in [0, 0.1) is 5.95 Å². The molecule has 0 aliphatic rings. The zero-order valence-electron chi connectivity index (χ0n) is 18.2. The molecule has 3 rings (SSSR count). The van der Waals surface area contributed by atoms with Crippen molar-refractivity contribution in [2.75, 3.05) is 30.9 Å². The Bertz CT molecular complexity index is 1290. The summed E-state index contributed by atoms with van der Waals surface area (Å²) in [6.45, 7) is -0.442. The first kappa shape index (κ1) is 25.0. The molecule has 182 valence electrons. The molecule has 3 aromatic rings. The monoisotopic (exact) mass is 500 g/mol. The highest BCUT2D eigenvalue weighted by Crippen LogP contribution is 2.37. The zero-order chi connectivity index (χ0) is 25.1. The smallest absolute Gasteiger partial charge is 0.418 e. The van der Waals surface area contributed by atoms with Crippen LogP contribution in [0.5, 0.6) is 11.5 Å². The van der Waals surface area contributed by atoms with E-state index in [4.69, 9.17) is 9.47 Å². The Balaban J connectivity index is 2.18. The normalized spacial score (nSPS) is 11.7. The third-order valence-corrected chi connectivity index (χ3v) is 6.42. The summed E-state index contributed by atoms with van der Waals surface area (Å²) in [6.07, 6.45) is -4.09. The summed E-state index contributed by atoms with van der Waals surface area (Å²) in [6, 6.07) is 8.42. The van der Waals surface area contributed by atoms with Crippen LogP contribution in [0.25, 0.3) is 0 Å². The minimum atomic E-state index is -4.85. The van der Waals surface area contributed by atoms with Gasteiger partial charge in [-0.15, -0.1) is 0 Å². The van der Waals surface area contributed by atoms with Crippen molar-refractivity contribution in [3.8, 4) is 11.5 Å². The number of nitrogens with one attached hydrogen (secondary N) is 1. The summed E-state index contributed by atoms with van der Waals surface area (Å²) in [5, 5.41) is 1.44. The maximum absolute atomic E-state index is 13.9. The first-order valence-corrected chi connectivity index (χ1v) is 11.1. The van der Waals surface area contributed by atoms with E-state index < -0.39 is 45.0 Å². The second kappa shape index (κ2) is 9.71. The third-order valence-electron chi connectivity index (χ3n) is 4.77. The molecular weight excluding hydrogens is 480 g/mol. The number of aromatic nitrogens is 2. The van der Waals surface area contributed by atoms with Crippen molar-refractivity contribution in [2.24, 2.45) is 0 Å². The second-order valence-electron chi connectivity index (χ2n) is 6.82. The van der Waals surface area contributed by atoms with Gasteiger partial charge in [0.1, 0.15) is 17.3 Å². The van der Waals surface area contributed by atoms with Gasteiger partial charge in [-0.1, -0.05) is 6.07 Å². The number of methoxy groups -OCH3 is 2. The van der Waals surface area contributed by atoms with Crippen LogP contribution in [0.2, 0.25) is 0 Å². The highest BCUT2D eigenvalue weighted by molar-refractivity contribution is 7.92. The van der Waals surface area contributed by atoms with Crippen molar-refractivity contribution in [1.82, 2.24) is 9.97 Å². The fraction of sp³-hybridized carbons (Fsp3) is 0.238. The van der Waals surface area contributed by atoms with Crippen molar-refractivity contribution < 1.29 is 35.5 Å². The van der Waals surface area contributed by atoms with Crippen molar-refractivity contribution in [1.29, 1.82) is 0 Å². The average Bonchev–Trinajstić information content (AvgIpc) is 2.81. The molecule has 0 spiro atoms. The Morgan fingerprint density at radius 3 is 2.41 bits per heavy atom. The number of rotatable bonds is 8. The predicted octanol–water partition coefficient (Wildman–Crippen LogP) is 4.09. The fourth-order valence-electron chi connectivity index (χ4n) is 3.09. The van der Waals surface area contributed by atoms with Crippen LogP contribution in [-0.4, -0.2) is 39.7 Å². The highest BCUT2D eigenvalue weighted by atomic mass is 32.2. The Morgan fingerprint density at radius 2 is 1.82 bits per heavy atom. The van der Waals surface area contributed by atoms with E-state index in [0.717, 1.165) is 12.3 Å². The molecule has 34 heavy (non-hydrogen) atoms. The van der Waals surface area contributed by atoms with Crippen LogP contribution >= 0.6 is 0 Å². The van der Waals surface area contributed by atoms with Gasteiger partial charge in [-0.2, -0.15) is 26.0 Å². The molecule has 0 bridgehead atoms. The van der Waals surface area contributed by atoms with Crippen molar-refractivity contribution >= 4 is 21.5 Å². The van der Waals surface area contributed by atoms with Gasteiger partial charge in [-0.3, -0.25) is 0 Å². The maximum Gasteiger partial charge on any atom is 0.418 e. The molecule has 0 aliphatic carbocycles. The number of benzene rings is 1. The van der Waals surface area contributed by atoms with Gasteiger partial charge in [-0.25, -0.2) is 14.3 Å². The SMILES string of the molecule is CNc1cnc(S(=O)(=O)N(Cc2ccc(OC)cc2OC)c2cccc(F)n2)cc1C(F)(F)F. The molecule has 0 radical (unpaired) electrons. The molecule has 2 heterocycles. The lowest BCUT2D eigenvalue weighted by molar-refractivity contribution is -0.137. The number of ether oxygens (including phenoxy) is 2. The largest absolute Gasteiger partial charge is 0.497 e. The van der Waals surface area contributed by atoms with Crippen LogP contribution in [0.3, 0.4) is 0 Å². The lowest BCUT2D eigenvalue weighted by Gasteiger charge is -2.24. The number of pyridine rings is 2. The highest BCUT2D eigenvalue weighted by Gasteiger charge is 2.37. The lowest BCUT2D eigenvalue weighted by Crippen LogP contribution is -2.32. The number of hydrogen-bond acceptors (Lipinski definition) is 7. The van der Waals surface area contributed by atoms with Gasteiger partial charge >= 0.3 is 6.18 Å². The summed E-state index contributed by atoms with van der Waals surface area (Å²) in [5.41, 5.74) is -1.31. The van der Waals surface area contributed by atoms with Gasteiger partial charge in [0.15, 0.2) is 5.03 Å². The van der Waals surface area contributed by atoms with E-state index in [9.17, 15) is 26.0 Å². The topological polar surface area (TPSA) is 93.7 Å². The predicted molar refractivity (Wildman–Crippen MR) is 116 cm³/mol. The van der Waals surface area contributed by atoms with E-state index in [1.165, 1.54) is 45.5 Å². The van der Waals surface area contributed by atoms with Crippen LogP contribution in [0.1, 0.15) is 11.1 Å². The number of nitrogens with zero attached hydrogens (tertiary/aromatic N) is 3. The summed E-state index contributed by atoms with van der Waals surface area (Å²) >= 11 is 0. The molecule has 0 atom stereocenters. The average molecular weight is 500 g/mol. The minimum absolute atomic E-state index is 0.241. The number of hydrogen-bond donors (Lipinski definition) is 1. The maximum atomic E-state index is 13.9. The van der Waals surface area contributed by atoms with Gasteiger partial charge < -0.3 is 14.8 Å². The molecule has 0 aliphatic heterocycles. The minimum Gasteiger partial charge on any atom is -0.497 e. The second-order valence-corrected chi connectivity index (χ2v) is 8.63. The van der Waals surface area contributed by atoms with E-state index in [1.54, 1.807) is 6.07 Å². The summed E-state index contributed by atoms with van der Waals surface area (Å²) in [7, 11) is -0.706. The quantitative estimate of drug-likeness (QED) is 0.368. The Hall–Kier alpha value is -3.61. The van der Waals surface area contributed by atoms with E-state index in [2.05, 4.69) is 15.3 Å². The molecule has 0 saturated carbocycles. The molecule has 0 fully saturated rings. The summed E-state index contributed by atoms with van der Waals surface area (Å²) in [5.74, 6) is -0.664. The standard InChI is InChI=1S/C21H20F4N4O4S/c1-26-16-11-27-20(10-15(16)21(23,24)25)34(30,31)29(19-6-4-5-18(22)28-19)12-13-7-8-14(32-2)9-17(13)33-3/h4-11,26H,12H2,1-3H3. The molecule has 13 heteroatoms. The Kier molecular flexibility index (Phi) is 7.15. The number of alkyl halides is 3. The molecular formula is C21H20F4N4O4S. The molecule has 1 N–H and O–H groups in total. The van der Waals surface area contributed by atoms with E-state index >= 15 is 0 Å². The molecule has 2 aromatic heterocycles. The number of anilines is 2. The molecule has 0 amide bonds. The van der Waals surface area contributed by atoms with Crippen molar-refractivity contribution in [3.05, 3.63) is 65.7 Å². The Morgan fingerprint density at radius 1 is 1.09 bits per heavy atom. The molecule has 8 nitrogen and oxygen atoms in total. The first-order chi connectivity index (χ1) is 16.0.